The van der Waals surface area contributed by atoms with Crippen LogP contribution < -0.4 is 0 Å². The fraction of sp³-hybridized carbons (Fsp3) is 0.643. The monoisotopic (exact) mass is 268 g/mol. The molecule has 5 heteroatoms. The summed E-state index contributed by atoms with van der Waals surface area (Å²) in [7, 11) is 0. The zero-order valence-corrected chi connectivity index (χ0v) is 10.8. The summed E-state index contributed by atoms with van der Waals surface area (Å²) in [5, 5.41) is 9.07. The highest BCUT2D eigenvalue weighted by molar-refractivity contribution is 5.20. The fourth-order valence-corrected chi connectivity index (χ4v) is 3.36. The highest BCUT2D eigenvalue weighted by atomic mass is 19.1. The number of likely N-dealkylation sites (tertiary alicyclic amines) is 1. The highest BCUT2D eigenvalue weighted by Crippen LogP contribution is 2.44. The summed E-state index contributed by atoms with van der Waals surface area (Å²) < 4.78 is 27.5. The molecule has 1 saturated carbocycles. The van der Waals surface area contributed by atoms with Crippen molar-refractivity contribution in [2.45, 2.75) is 31.4 Å². The third kappa shape index (κ3) is 2.43. The number of pyridine rings is 1. The summed E-state index contributed by atoms with van der Waals surface area (Å²) in [4.78, 5) is 5.79. The Morgan fingerprint density at radius 2 is 2.32 bits per heavy atom. The predicted molar refractivity (Wildman–Crippen MR) is 67.2 cm³/mol. The molecule has 1 saturated heterocycles. The van der Waals surface area contributed by atoms with Gasteiger partial charge in [0.25, 0.3) is 5.95 Å². The van der Waals surface area contributed by atoms with E-state index in [4.69, 9.17) is 5.11 Å². The minimum atomic E-state index is -0.992. The maximum absolute atomic E-state index is 14.4. The van der Waals surface area contributed by atoms with Gasteiger partial charge in [-0.15, -0.1) is 0 Å². The van der Waals surface area contributed by atoms with Gasteiger partial charge in [-0.05, 0) is 31.4 Å². The normalized spacial score (nSPS) is 30.7. The molecule has 0 bridgehead atoms. The number of rotatable bonds is 3. The molecule has 2 fully saturated rings. The number of hydrogen-bond donors (Lipinski definition) is 1. The van der Waals surface area contributed by atoms with Crippen molar-refractivity contribution in [3.8, 4) is 5.75 Å². The summed E-state index contributed by atoms with van der Waals surface area (Å²) in [5.41, 5.74) is -0.395. The summed E-state index contributed by atoms with van der Waals surface area (Å²) in [6.07, 6.45) is 3.25. The predicted octanol–water partition coefficient (Wildman–Crippen LogP) is 2.29. The van der Waals surface area contributed by atoms with Crippen LogP contribution in [0.4, 0.5) is 8.78 Å². The SMILES string of the molecule is Oc1ccc(CCN2C[C@H]3CCC[C@@]3(F)C2)nc1F. The first-order valence-electron chi connectivity index (χ1n) is 6.82. The number of nitrogens with zero attached hydrogens (tertiary/aromatic N) is 2. The van der Waals surface area contributed by atoms with Crippen LogP contribution in [-0.4, -0.2) is 40.3 Å². The third-order valence-corrected chi connectivity index (χ3v) is 4.41. The van der Waals surface area contributed by atoms with Crippen LogP contribution in [0.25, 0.3) is 0 Å². The van der Waals surface area contributed by atoms with Gasteiger partial charge in [0.2, 0.25) is 0 Å². The largest absolute Gasteiger partial charge is 0.504 e. The molecule has 3 rings (SSSR count). The zero-order chi connectivity index (χ0) is 13.5. The molecule has 2 atom stereocenters. The Bertz CT molecular complexity index is 483. The van der Waals surface area contributed by atoms with E-state index in [2.05, 4.69) is 9.88 Å². The first-order valence-corrected chi connectivity index (χ1v) is 6.82. The molecule has 1 aromatic heterocycles. The number of aromatic hydroxyl groups is 1. The summed E-state index contributed by atoms with van der Waals surface area (Å²) in [6.45, 7) is 1.99. The molecular weight excluding hydrogens is 250 g/mol. The van der Waals surface area contributed by atoms with Gasteiger partial charge in [0.15, 0.2) is 5.75 Å². The quantitative estimate of drug-likeness (QED) is 0.854. The lowest BCUT2D eigenvalue weighted by Gasteiger charge is -2.19. The molecule has 0 spiro atoms. The summed E-state index contributed by atoms with van der Waals surface area (Å²) in [6, 6.07) is 2.92. The van der Waals surface area contributed by atoms with Gasteiger partial charge in [0.1, 0.15) is 5.67 Å². The molecule has 1 aliphatic carbocycles. The van der Waals surface area contributed by atoms with Crippen LogP contribution in [0.15, 0.2) is 12.1 Å². The Hall–Kier alpha value is -1.23. The average Bonchev–Trinajstić information content (AvgIpc) is 2.85. The molecule has 3 nitrogen and oxygen atoms in total. The lowest BCUT2D eigenvalue weighted by molar-refractivity contribution is 0.145. The molecule has 0 radical (unpaired) electrons. The van der Waals surface area contributed by atoms with E-state index in [0.29, 0.717) is 31.6 Å². The van der Waals surface area contributed by atoms with Crippen LogP contribution in [0, 0.1) is 11.9 Å². The number of aromatic nitrogens is 1. The van der Waals surface area contributed by atoms with E-state index >= 15 is 0 Å². The Morgan fingerprint density at radius 1 is 1.47 bits per heavy atom. The standard InChI is InChI=1S/C14H18F2N2O/c15-13-12(19)4-3-11(17-13)5-7-18-8-10-2-1-6-14(10,16)9-18/h3-4,10,19H,1-2,5-9H2/t10-,14-/m1/s1. The van der Waals surface area contributed by atoms with Crippen LogP contribution in [0.3, 0.4) is 0 Å². The minimum Gasteiger partial charge on any atom is -0.504 e. The molecule has 104 valence electrons. The third-order valence-electron chi connectivity index (χ3n) is 4.41. The molecule has 0 amide bonds. The number of alkyl halides is 1. The lowest BCUT2D eigenvalue weighted by Crippen LogP contribution is -2.30. The number of halogens is 2. The minimum absolute atomic E-state index is 0.178. The van der Waals surface area contributed by atoms with Crippen molar-refractivity contribution >= 4 is 0 Å². The zero-order valence-electron chi connectivity index (χ0n) is 10.8. The van der Waals surface area contributed by atoms with Gasteiger partial charge in [0, 0.05) is 37.7 Å². The highest BCUT2D eigenvalue weighted by Gasteiger charge is 2.49. The van der Waals surface area contributed by atoms with Gasteiger partial charge in [-0.25, -0.2) is 9.37 Å². The molecule has 0 aromatic carbocycles. The first kappa shape index (κ1) is 12.8. The Kier molecular flexibility index (Phi) is 3.17. The van der Waals surface area contributed by atoms with Crippen LogP contribution >= 0.6 is 0 Å². The topological polar surface area (TPSA) is 36.4 Å². The van der Waals surface area contributed by atoms with Gasteiger partial charge in [-0.1, -0.05) is 0 Å². The van der Waals surface area contributed by atoms with E-state index in [-0.39, 0.29) is 5.92 Å². The molecule has 2 aliphatic rings. The van der Waals surface area contributed by atoms with E-state index in [1.165, 1.54) is 6.07 Å². The lowest BCUT2D eigenvalue weighted by atomic mass is 9.97. The Morgan fingerprint density at radius 3 is 3.05 bits per heavy atom. The molecule has 2 heterocycles. The Labute approximate surface area is 111 Å². The molecule has 19 heavy (non-hydrogen) atoms. The summed E-state index contributed by atoms with van der Waals surface area (Å²) in [5.74, 6) is -1.09. The average molecular weight is 268 g/mol. The van der Waals surface area contributed by atoms with E-state index < -0.39 is 17.4 Å². The number of fused-ring (bicyclic) bond motifs is 1. The van der Waals surface area contributed by atoms with E-state index in [1.807, 2.05) is 0 Å². The maximum atomic E-state index is 14.4. The van der Waals surface area contributed by atoms with Crippen LogP contribution in [-0.2, 0) is 6.42 Å². The van der Waals surface area contributed by atoms with Crippen molar-refractivity contribution in [3.05, 3.63) is 23.8 Å². The molecule has 1 N–H and O–H groups in total. The van der Waals surface area contributed by atoms with Crippen molar-refractivity contribution < 1.29 is 13.9 Å². The molecular formula is C14H18F2N2O. The Balaban J connectivity index is 1.57. The molecule has 1 aromatic rings. The smallest absolute Gasteiger partial charge is 0.255 e. The number of hydrogen-bond acceptors (Lipinski definition) is 3. The summed E-state index contributed by atoms with van der Waals surface area (Å²) >= 11 is 0. The van der Waals surface area contributed by atoms with Gasteiger partial charge in [0.05, 0.1) is 0 Å². The van der Waals surface area contributed by atoms with Crippen molar-refractivity contribution in [3.63, 3.8) is 0 Å². The van der Waals surface area contributed by atoms with E-state index in [9.17, 15) is 8.78 Å². The van der Waals surface area contributed by atoms with Crippen molar-refractivity contribution in [2.75, 3.05) is 19.6 Å². The van der Waals surface area contributed by atoms with Crippen LogP contribution in [0.1, 0.15) is 25.0 Å². The molecule has 1 aliphatic heterocycles. The molecule has 0 unspecified atom stereocenters. The maximum Gasteiger partial charge on any atom is 0.255 e. The second-order valence-electron chi connectivity index (χ2n) is 5.72. The van der Waals surface area contributed by atoms with E-state index in [1.54, 1.807) is 6.07 Å². The van der Waals surface area contributed by atoms with Gasteiger partial charge >= 0.3 is 0 Å². The first-order chi connectivity index (χ1) is 9.07. The van der Waals surface area contributed by atoms with Crippen LogP contribution in [0.5, 0.6) is 5.75 Å². The second kappa shape index (κ2) is 4.71. The van der Waals surface area contributed by atoms with Gasteiger partial charge in [-0.2, -0.15) is 4.39 Å². The van der Waals surface area contributed by atoms with Crippen LogP contribution in [0.2, 0.25) is 0 Å². The van der Waals surface area contributed by atoms with Crippen molar-refractivity contribution in [2.24, 2.45) is 5.92 Å². The van der Waals surface area contributed by atoms with E-state index in [0.717, 1.165) is 19.4 Å². The van der Waals surface area contributed by atoms with Crippen molar-refractivity contribution in [1.82, 2.24) is 9.88 Å². The van der Waals surface area contributed by atoms with Gasteiger partial charge in [-0.3, -0.25) is 4.90 Å². The fourth-order valence-electron chi connectivity index (χ4n) is 3.36. The van der Waals surface area contributed by atoms with Gasteiger partial charge < -0.3 is 5.11 Å². The van der Waals surface area contributed by atoms with Crippen molar-refractivity contribution in [1.29, 1.82) is 0 Å². The second-order valence-corrected chi connectivity index (χ2v) is 5.72.